The number of aromatic hydroxyl groups is 1. The minimum absolute atomic E-state index is 0.0644. The van der Waals surface area contributed by atoms with Crippen LogP contribution in [0.5, 0.6) is 23.0 Å². The number of fused-ring (bicyclic) bond motifs is 4. The number of carbonyl (C=O) groups excluding carboxylic acids is 4. The van der Waals surface area contributed by atoms with Gasteiger partial charge in [0.05, 0.1) is 60.9 Å². The van der Waals surface area contributed by atoms with Crippen molar-refractivity contribution in [1.82, 2.24) is 5.01 Å². The molecule has 0 spiro atoms. The minimum atomic E-state index is -1.66. The maximum atomic E-state index is 15.6. The van der Waals surface area contributed by atoms with Gasteiger partial charge in [-0.3, -0.25) is 29.5 Å². The number of methoxy groups -OCH3 is 3. The van der Waals surface area contributed by atoms with Crippen LogP contribution in [0.3, 0.4) is 0 Å². The second-order valence-corrected chi connectivity index (χ2v) is 16.1. The summed E-state index contributed by atoms with van der Waals surface area (Å²) in [6, 6.07) is 21.7. The number of phenols is 1. The highest BCUT2D eigenvalue weighted by atomic mass is 127. The Hall–Kier alpha value is -4.79. The first-order valence-corrected chi connectivity index (χ1v) is 19.3. The van der Waals surface area contributed by atoms with Gasteiger partial charge in [0.15, 0.2) is 0 Å². The summed E-state index contributed by atoms with van der Waals surface area (Å²) >= 11 is 14.9. The third-order valence-electron chi connectivity index (χ3n) is 11.5. The van der Waals surface area contributed by atoms with Gasteiger partial charge in [0.2, 0.25) is 11.8 Å². The summed E-state index contributed by atoms with van der Waals surface area (Å²) in [7, 11) is 4.42. The maximum Gasteiger partial charge on any atom is 0.260 e. The van der Waals surface area contributed by atoms with Gasteiger partial charge in [-0.05, 0) is 102 Å². The number of amides is 4. The summed E-state index contributed by atoms with van der Waals surface area (Å²) in [5.41, 5.74) is 3.66. The van der Waals surface area contributed by atoms with Crippen LogP contribution in [0.1, 0.15) is 29.9 Å². The number of hydrazine groups is 1. The molecule has 4 amide bonds. The van der Waals surface area contributed by atoms with Crippen LogP contribution in [0.25, 0.3) is 0 Å². The normalized spacial score (nSPS) is 25.6. The van der Waals surface area contributed by atoms with Crippen molar-refractivity contribution in [2.75, 3.05) is 31.7 Å². The zero-order valence-electron chi connectivity index (χ0n) is 29.7. The van der Waals surface area contributed by atoms with Crippen molar-refractivity contribution in [3.63, 3.8) is 0 Å². The van der Waals surface area contributed by atoms with E-state index in [-0.39, 0.29) is 52.6 Å². The summed E-state index contributed by atoms with van der Waals surface area (Å²) in [6.07, 6.45) is 2.22. The van der Waals surface area contributed by atoms with Gasteiger partial charge < -0.3 is 19.3 Å². The van der Waals surface area contributed by atoms with Gasteiger partial charge in [0, 0.05) is 32.2 Å². The number of carbonyl (C=O) groups is 4. The molecule has 282 valence electrons. The Balaban J connectivity index is 1.38. The van der Waals surface area contributed by atoms with Crippen molar-refractivity contribution in [1.29, 1.82) is 0 Å². The van der Waals surface area contributed by atoms with E-state index >= 15 is 9.59 Å². The molecule has 4 aromatic carbocycles. The molecule has 55 heavy (non-hydrogen) atoms. The molecule has 2 saturated heterocycles. The zero-order valence-corrected chi connectivity index (χ0v) is 33.4. The fraction of sp³-hybridized carbons (Fsp3) is 0.268. The number of phenolic OH excluding ortho intramolecular Hbond substituents is 1. The van der Waals surface area contributed by atoms with Crippen molar-refractivity contribution >= 4 is 80.8 Å². The average molecular weight is 895 g/mol. The summed E-state index contributed by atoms with van der Waals surface area (Å²) in [6.45, 7) is 0. The van der Waals surface area contributed by atoms with E-state index in [1.165, 1.54) is 44.4 Å². The number of allylic oxidation sites excluding steroid dienone is 2. The van der Waals surface area contributed by atoms with Crippen LogP contribution in [0.4, 0.5) is 11.4 Å². The smallest absolute Gasteiger partial charge is 0.260 e. The fourth-order valence-electron chi connectivity index (χ4n) is 9.21. The molecular formula is C41H34Cl2IN3O8. The number of nitrogens with one attached hydrogen (secondary N) is 1. The van der Waals surface area contributed by atoms with Gasteiger partial charge in [0.1, 0.15) is 23.0 Å². The van der Waals surface area contributed by atoms with E-state index in [4.69, 9.17) is 37.4 Å². The van der Waals surface area contributed by atoms with Crippen LogP contribution in [-0.4, -0.2) is 55.1 Å². The number of hydrogen-bond acceptors (Lipinski definition) is 9. The van der Waals surface area contributed by atoms with E-state index < -0.39 is 46.8 Å². The number of halogens is 3. The summed E-state index contributed by atoms with van der Waals surface area (Å²) in [4.78, 5) is 60.7. The SMILES string of the molecule is COc1ccc([C@@]23C(=O)N(Nc4ccc(Cl)cc4Cl)C(=O)[C@@H]2C[C@@H]2C(=CC[C@@H]4C(=O)N(c5ccc(I)cc5)C(=O)[C@@H]42)[C@@H]3c2c(OC)cc(O)cc2OC)cc1. The molecule has 0 unspecified atom stereocenters. The van der Waals surface area contributed by atoms with Crippen LogP contribution in [-0.2, 0) is 24.6 Å². The second kappa shape index (κ2) is 14.1. The molecule has 3 fully saturated rings. The van der Waals surface area contributed by atoms with Crippen LogP contribution < -0.4 is 24.5 Å². The second-order valence-electron chi connectivity index (χ2n) is 14.0. The molecule has 2 heterocycles. The van der Waals surface area contributed by atoms with Crippen molar-refractivity contribution in [2.24, 2.45) is 23.7 Å². The number of anilines is 2. The molecule has 0 bridgehead atoms. The molecule has 11 nitrogen and oxygen atoms in total. The lowest BCUT2D eigenvalue weighted by molar-refractivity contribution is -0.138. The van der Waals surface area contributed by atoms with Crippen molar-refractivity contribution in [3.8, 4) is 23.0 Å². The highest BCUT2D eigenvalue weighted by Crippen LogP contribution is 2.66. The molecule has 14 heteroatoms. The van der Waals surface area contributed by atoms with Gasteiger partial charge in [-0.25, -0.2) is 0 Å². The number of hydrogen-bond donors (Lipinski definition) is 2. The first-order chi connectivity index (χ1) is 26.4. The standard InChI is InChI=1S/C41H34Cl2IN3O8/c1-53-25-11-4-20(5-12-25)41-29(38(50)47(40(41)52)45-31-15-6-21(42)16-30(31)43)19-28-26(36(41)35-32(54-2)17-24(48)18-33(35)55-3)13-14-27-34(28)39(51)46(37(27)49)23-9-7-22(44)8-10-23/h4-13,15-18,27-29,34,36,45,48H,14,19H2,1-3H3/t27-,28+,29-,34-,36+,41+/m0/s1. The maximum absolute atomic E-state index is 15.6. The molecule has 6 atom stereocenters. The Morgan fingerprint density at radius 1 is 0.818 bits per heavy atom. The molecular weight excluding hydrogens is 860 g/mol. The Morgan fingerprint density at radius 3 is 2.11 bits per heavy atom. The predicted molar refractivity (Wildman–Crippen MR) is 213 cm³/mol. The average Bonchev–Trinajstić information content (AvgIpc) is 3.56. The number of ether oxygens (including phenoxy) is 3. The van der Waals surface area contributed by atoms with Gasteiger partial charge >= 0.3 is 0 Å². The van der Waals surface area contributed by atoms with Gasteiger partial charge in [0.25, 0.3) is 11.8 Å². The summed E-state index contributed by atoms with van der Waals surface area (Å²) < 4.78 is 18.3. The quantitative estimate of drug-likeness (QED) is 0.105. The number of imide groups is 2. The van der Waals surface area contributed by atoms with E-state index in [1.54, 1.807) is 48.5 Å². The molecule has 2 aliphatic heterocycles. The molecule has 0 aromatic heterocycles. The predicted octanol–water partition coefficient (Wildman–Crippen LogP) is 7.52. The minimum Gasteiger partial charge on any atom is -0.508 e. The van der Waals surface area contributed by atoms with Crippen LogP contribution in [0.15, 0.2) is 90.5 Å². The molecule has 0 radical (unpaired) electrons. The molecule has 1 saturated carbocycles. The van der Waals surface area contributed by atoms with Crippen molar-refractivity contribution < 1.29 is 38.5 Å². The largest absolute Gasteiger partial charge is 0.508 e. The number of rotatable bonds is 8. The molecule has 2 N–H and O–H groups in total. The van der Waals surface area contributed by atoms with Crippen LogP contribution in [0.2, 0.25) is 10.0 Å². The lowest BCUT2D eigenvalue weighted by Gasteiger charge is -2.51. The zero-order chi connectivity index (χ0) is 38.9. The van der Waals surface area contributed by atoms with Crippen molar-refractivity contribution in [2.45, 2.75) is 24.2 Å². The Kier molecular flexibility index (Phi) is 9.49. The Labute approximate surface area is 340 Å². The lowest BCUT2D eigenvalue weighted by atomic mass is 9.49. The number of nitrogens with zero attached hydrogens (tertiary/aromatic N) is 2. The third kappa shape index (κ3) is 5.66. The first kappa shape index (κ1) is 37.1. The lowest BCUT2D eigenvalue weighted by Crippen LogP contribution is -2.53. The first-order valence-electron chi connectivity index (χ1n) is 17.5. The van der Waals surface area contributed by atoms with E-state index in [2.05, 4.69) is 28.0 Å². The molecule has 8 rings (SSSR count). The van der Waals surface area contributed by atoms with E-state index in [0.717, 1.165) is 8.58 Å². The van der Waals surface area contributed by atoms with Crippen LogP contribution in [0, 0.1) is 27.2 Å². The van der Waals surface area contributed by atoms with Crippen LogP contribution >= 0.6 is 45.8 Å². The highest BCUT2D eigenvalue weighted by molar-refractivity contribution is 14.1. The van der Waals surface area contributed by atoms with Gasteiger partial charge in [-0.2, -0.15) is 5.01 Å². The van der Waals surface area contributed by atoms with E-state index in [9.17, 15) is 14.7 Å². The van der Waals surface area contributed by atoms with Gasteiger partial charge in [-0.1, -0.05) is 47.0 Å². The molecule has 4 aromatic rings. The summed E-state index contributed by atoms with van der Waals surface area (Å²) in [5.74, 6) is -5.24. The fourth-order valence-corrected chi connectivity index (χ4v) is 10.0. The van der Waals surface area contributed by atoms with E-state index in [1.807, 2.05) is 18.2 Å². The highest BCUT2D eigenvalue weighted by Gasteiger charge is 2.71. The summed E-state index contributed by atoms with van der Waals surface area (Å²) in [5, 5.41) is 12.3. The van der Waals surface area contributed by atoms with Gasteiger partial charge in [-0.15, -0.1) is 0 Å². The Bertz CT molecular complexity index is 2280. The number of benzene rings is 4. The topological polar surface area (TPSA) is 135 Å². The third-order valence-corrected chi connectivity index (χ3v) is 12.7. The molecule has 2 aliphatic carbocycles. The monoisotopic (exact) mass is 893 g/mol. The van der Waals surface area contributed by atoms with Crippen molar-refractivity contribution in [3.05, 3.63) is 115 Å². The molecule has 4 aliphatic rings. The van der Waals surface area contributed by atoms with E-state index in [0.29, 0.717) is 33.2 Å². The Morgan fingerprint density at radius 2 is 1.49 bits per heavy atom.